The van der Waals surface area contributed by atoms with Gasteiger partial charge in [-0.3, -0.25) is 0 Å². The van der Waals surface area contributed by atoms with Gasteiger partial charge in [0.05, 0.1) is 17.3 Å². The second-order valence-electron chi connectivity index (χ2n) is 7.19. The zero-order chi connectivity index (χ0) is 15.3. The fourth-order valence-electron chi connectivity index (χ4n) is 4.67. The zero-order valence-electron chi connectivity index (χ0n) is 13.2. The Morgan fingerprint density at radius 2 is 2.36 bits per heavy atom. The molecule has 1 spiro atoms. The fourth-order valence-corrected chi connectivity index (χ4v) is 4.67. The Hall–Kier alpha value is -1.64. The summed E-state index contributed by atoms with van der Waals surface area (Å²) >= 11 is 0. The molecule has 4 rings (SSSR count). The van der Waals surface area contributed by atoms with Crippen LogP contribution in [0.25, 0.3) is 0 Å². The lowest BCUT2D eigenvalue weighted by atomic mass is 9.73. The highest BCUT2D eigenvalue weighted by Gasteiger charge is 2.63. The van der Waals surface area contributed by atoms with E-state index in [1.807, 2.05) is 12.1 Å². The van der Waals surface area contributed by atoms with Crippen molar-refractivity contribution < 1.29 is 4.74 Å². The first-order chi connectivity index (χ1) is 10.6. The lowest BCUT2D eigenvalue weighted by Gasteiger charge is -2.30. The Balaban J connectivity index is 1.56. The number of aromatic nitrogens is 1. The first-order valence-corrected chi connectivity index (χ1v) is 8.05. The third-order valence-electron chi connectivity index (χ3n) is 5.56. The van der Waals surface area contributed by atoms with E-state index in [1.54, 1.807) is 6.20 Å². The number of nitriles is 1. The molecule has 116 valence electrons. The van der Waals surface area contributed by atoms with E-state index in [4.69, 9.17) is 10.00 Å². The van der Waals surface area contributed by atoms with Crippen LogP contribution in [0, 0.1) is 23.2 Å². The summed E-state index contributed by atoms with van der Waals surface area (Å²) in [6.07, 6.45) is 4.49. The van der Waals surface area contributed by atoms with E-state index in [0.29, 0.717) is 23.5 Å². The topological polar surface area (TPSA) is 52.4 Å². The summed E-state index contributed by atoms with van der Waals surface area (Å²) in [5.74, 6) is 2.21. The van der Waals surface area contributed by atoms with E-state index >= 15 is 0 Å². The molecule has 3 saturated heterocycles. The first kappa shape index (κ1) is 14.0. The molecule has 0 saturated carbocycles. The molecule has 5 nitrogen and oxygen atoms in total. The van der Waals surface area contributed by atoms with Gasteiger partial charge in [-0.1, -0.05) is 0 Å². The van der Waals surface area contributed by atoms with Crippen molar-refractivity contribution in [1.82, 2.24) is 9.88 Å². The highest BCUT2D eigenvalue weighted by molar-refractivity contribution is 5.45. The molecule has 0 aliphatic carbocycles. The monoisotopic (exact) mass is 298 g/mol. The van der Waals surface area contributed by atoms with Gasteiger partial charge in [0, 0.05) is 37.7 Å². The van der Waals surface area contributed by atoms with Crippen LogP contribution in [0.15, 0.2) is 18.3 Å². The summed E-state index contributed by atoms with van der Waals surface area (Å²) in [6, 6.07) is 5.94. The van der Waals surface area contributed by atoms with Gasteiger partial charge >= 0.3 is 0 Å². The van der Waals surface area contributed by atoms with E-state index < -0.39 is 0 Å². The quantitative estimate of drug-likeness (QED) is 0.846. The van der Waals surface area contributed by atoms with Gasteiger partial charge in [0.1, 0.15) is 11.9 Å². The Morgan fingerprint density at radius 3 is 3.05 bits per heavy atom. The highest BCUT2D eigenvalue weighted by atomic mass is 16.5. The van der Waals surface area contributed by atoms with Crippen LogP contribution in [-0.2, 0) is 4.74 Å². The summed E-state index contributed by atoms with van der Waals surface area (Å²) in [7, 11) is 4.29. The van der Waals surface area contributed by atoms with E-state index in [0.717, 1.165) is 25.5 Å². The average Bonchev–Trinajstić information content (AvgIpc) is 3.16. The zero-order valence-corrected chi connectivity index (χ0v) is 13.2. The van der Waals surface area contributed by atoms with Crippen LogP contribution in [0.3, 0.4) is 0 Å². The van der Waals surface area contributed by atoms with Crippen LogP contribution in [-0.4, -0.2) is 55.3 Å². The van der Waals surface area contributed by atoms with Crippen LogP contribution < -0.4 is 4.90 Å². The van der Waals surface area contributed by atoms with Gasteiger partial charge in [-0.15, -0.1) is 0 Å². The highest BCUT2D eigenvalue weighted by Crippen LogP contribution is 2.55. The van der Waals surface area contributed by atoms with E-state index in [-0.39, 0.29) is 5.60 Å². The lowest BCUT2D eigenvalue weighted by molar-refractivity contribution is 0.0136. The maximum atomic E-state index is 8.90. The van der Waals surface area contributed by atoms with Crippen LogP contribution in [0.5, 0.6) is 0 Å². The van der Waals surface area contributed by atoms with Crippen molar-refractivity contribution in [2.75, 3.05) is 38.6 Å². The van der Waals surface area contributed by atoms with Crippen molar-refractivity contribution in [2.24, 2.45) is 11.8 Å². The van der Waals surface area contributed by atoms with Crippen molar-refractivity contribution in [3.63, 3.8) is 0 Å². The Kier molecular flexibility index (Phi) is 3.14. The minimum Gasteiger partial charge on any atom is -0.369 e. The summed E-state index contributed by atoms with van der Waals surface area (Å²) in [6.45, 7) is 3.07. The van der Waals surface area contributed by atoms with Crippen LogP contribution in [0.1, 0.15) is 18.4 Å². The second-order valence-corrected chi connectivity index (χ2v) is 7.19. The molecule has 5 heteroatoms. The standard InChI is InChI=1S/C17H22N4O/c1-20(2)9-13-14-10-21(11-17(14)6-5-15(13)22-17)16-4-3-12(7-18)8-19-16/h3-4,8,13-15H,5-6,9-11H2,1-2H3/t13-,14+,15+,17+/m0/s1. The van der Waals surface area contributed by atoms with E-state index in [2.05, 4.69) is 34.9 Å². The van der Waals surface area contributed by atoms with Crippen LogP contribution >= 0.6 is 0 Å². The molecule has 1 aromatic heterocycles. The second kappa shape index (κ2) is 4.94. The molecular weight excluding hydrogens is 276 g/mol. The number of pyridine rings is 1. The summed E-state index contributed by atoms with van der Waals surface area (Å²) < 4.78 is 6.45. The molecule has 1 aromatic rings. The Bertz CT molecular complexity index is 608. The number of hydrogen-bond acceptors (Lipinski definition) is 5. The molecule has 0 N–H and O–H groups in total. The fraction of sp³-hybridized carbons (Fsp3) is 0.647. The Morgan fingerprint density at radius 1 is 1.50 bits per heavy atom. The van der Waals surface area contributed by atoms with Gasteiger partial charge < -0.3 is 14.5 Å². The molecular formula is C17H22N4O. The van der Waals surface area contributed by atoms with Crippen molar-refractivity contribution in [1.29, 1.82) is 5.26 Å². The third-order valence-corrected chi connectivity index (χ3v) is 5.56. The average molecular weight is 298 g/mol. The summed E-state index contributed by atoms with van der Waals surface area (Å²) in [5.41, 5.74) is 0.657. The third kappa shape index (κ3) is 2.02. The van der Waals surface area contributed by atoms with Gasteiger partial charge in [-0.05, 0) is 39.1 Å². The number of rotatable bonds is 3. The van der Waals surface area contributed by atoms with Gasteiger partial charge in [-0.25, -0.2) is 4.98 Å². The van der Waals surface area contributed by atoms with E-state index in [1.165, 1.54) is 12.8 Å². The van der Waals surface area contributed by atoms with Crippen LogP contribution in [0.4, 0.5) is 5.82 Å². The predicted molar refractivity (Wildman–Crippen MR) is 83.5 cm³/mol. The predicted octanol–water partition coefficient (Wildman–Crippen LogP) is 1.50. The maximum absolute atomic E-state index is 8.90. The molecule has 0 aromatic carbocycles. The minimum atomic E-state index is 0.0426. The van der Waals surface area contributed by atoms with Crippen molar-refractivity contribution in [3.8, 4) is 6.07 Å². The molecule has 0 unspecified atom stereocenters. The molecule has 3 aliphatic heterocycles. The SMILES string of the molecule is CN(C)C[C@H]1[C@H]2CN(c3ccc(C#N)cn3)C[C@]23CC[C@H]1O3. The van der Waals surface area contributed by atoms with Gasteiger partial charge in [0.2, 0.25) is 0 Å². The minimum absolute atomic E-state index is 0.0426. The molecule has 0 amide bonds. The number of ether oxygens (including phenoxy) is 1. The van der Waals surface area contributed by atoms with Crippen molar-refractivity contribution in [3.05, 3.63) is 23.9 Å². The number of nitrogens with zero attached hydrogens (tertiary/aromatic N) is 4. The van der Waals surface area contributed by atoms with Gasteiger partial charge in [0.15, 0.2) is 0 Å². The molecule has 2 bridgehead atoms. The molecule has 4 atom stereocenters. The van der Waals surface area contributed by atoms with Crippen LogP contribution in [0.2, 0.25) is 0 Å². The lowest BCUT2D eigenvalue weighted by Crippen LogP contribution is -2.40. The Labute approximate surface area is 131 Å². The molecule has 3 aliphatic rings. The smallest absolute Gasteiger partial charge is 0.128 e. The van der Waals surface area contributed by atoms with Gasteiger partial charge in [0.25, 0.3) is 0 Å². The van der Waals surface area contributed by atoms with Crippen molar-refractivity contribution >= 4 is 5.82 Å². The summed E-state index contributed by atoms with van der Waals surface area (Å²) in [5, 5.41) is 8.90. The van der Waals surface area contributed by atoms with Crippen molar-refractivity contribution in [2.45, 2.75) is 24.5 Å². The number of hydrogen-bond donors (Lipinski definition) is 0. The molecule has 3 fully saturated rings. The largest absolute Gasteiger partial charge is 0.369 e. The normalized spacial score (nSPS) is 35.9. The maximum Gasteiger partial charge on any atom is 0.128 e. The molecule has 4 heterocycles. The number of anilines is 1. The van der Waals surface area contributed by atoms with E-state index in [9.17, 15) is 0 Å². The first-order valence-electron chi connectivity index (χ1n) is 8.05. The van der Waals surface area contributed by atoms with Gasteiger partial charge in [-0.2, -0.15) is 5.26 Å². The molecule has 22 heavy (non-hydrogen) atoms. The summed E-state index contributed by atoms with van der Waals surface area (Å²) in [4.78, 5) is 9.09. The number of fused-ring (bicyclic) bond motifs is 1. The molecule has 0 radical (unpaired) electrons.